The maximum atomic E-state index is 10.8. The molecule has 0 atom stereocenters. The molecule has 6 heteroatoms. The lowest BCUT2D eigenvalue weighted by atomic mass is 9.87. The minimum Gasteiger partial charge on any atom is -0.396 e. The molecule has 1 aromatic rings. The second-order valence-corrected chi connectivity index (χ2v) is 6.46. The molecule has 1 fully saturated rings. The van der Waals surface area contributed by atoms with Crippen molar-refractivity contribution in [2.45, 2.75) is 32.2 Å². The Morgan fingerprint density at radius 3 is 2.65 bits per heavy atom. The number of rotatable bonds is 6. The summed E-state index contributed by atoms with van der Waals surface area (Å²) in [6, 6.07) is 4.95. The van der Waals surface area contributed by atoms with Gasteiger partial charge in [0.25, 0.3) is 5.69 Å². The predicted molar refractivity (Wildman–Crippen MR) is 80.5 cm³/mol. The van der Waals surface area contributed by atoms with Crippen LogP contribution in [0.1, 0.15) is 31.2 Å². The molecule has 0 bridgehead atoms. The van der Waals surface area contributed by atoms with E-state index in [4.69, 9.17) is 0 Å². The van der Waals surface area contributed by atoms with Crippen LogP contribution in [0.5, 0.6) is 0 Å². The number of non-ortho nitro benzene ring substituents is 1. The molecule has 2 rings (SSSR count). The van der Waals surface area contributed by atoms with Crippen molar-refractivity contribution in [3.8, 4) is 0 Å². The van der Waals surface area contributed by atoms with Gasteiger partial charge in [-0.05, 0) is 24.5 Å². The fourth-order valence-electron chi connectivity index (χ4n) is 2.83. The van der Waals surface area contributed by atoms with Gasteiger partial charge in [-0.3, -0.25) is 10.1 Å². The SMILES string of the molecule is O=[N+]([O-])c1cc(Br)cc(CNCC2(CO)CCCC2)c1. The maximum absolute atomic E-state index is 10.8. The number of nitro groups is 1. The summed E-state index contributed by atoms with van der Waals surface area (Å²) < 4.78 is 0.709. The summed E-state index contributed by atoms with van der Waals surface area (Å²) in [7, 11) is 0. The minimum atomic E-state index is -0.388. The van der Waals surface area contributed by atoms with E-state index in [1.54, 1.807) is 6.07 Å². The standard InChI is InChI=1S/C14H19BrN2O3/c15-12-5-11(6-13(7-12)17(19)20)8-16-9-14(10-18)3-1-2-4-14/h5-7,16,18H,1-4,8-10H2. The number of aliphatic hydroxyl groups is 1. The molecule has 110 valence electrons. The van der Waals surface area contributed by atoms with Crippen LogP contribution in [0.3, 0.4) is 0 Å². The summed E-state index contributed by atoms with van der Waals surface area (Å²) in [6.07, 6.45) is 4.44. The lowest BCUT2D eigenvalue weighted by Crippen LogP contribution is -2.34. The molecule has 0 aliphatic heterocycles. The summed E-state index contributed by atoms with van der Waals surface area (Å²) in [5, 5.41) is 23.7. The monoisotopic (exact) mass is 342 g/mol. The Morgan fingerprint density at radius 2 is 2.05 bits per heavy atom. The maximum Gasteiger partial charge on any atom is 0.270 e. The topological polar surface area (TPSA) is 75.4 Å². The molecule has 5 nitrogen and oxygen atoms in total. The van der Waals surface area contributed by atoms with Crippen molar-refractivity contribution in [3.63, 3.8) is 0 Å². The Bertz CT molecular complexity index is 487. The van der Waals surface area contributed by atoms with Gasteiger partial charge in [-0.15, -0.1) is 0 Å². The van der Waals surface area contributed by atoms with E-state index in [1.807, 2.05) is 6.07 Å². The molecular weight excluding hydrogens is 324 g/mol. The van der Waals surface area contributed by atoms with E-state index in [0.29, 0.717) is 11.0 Å². The van der Waals surface area contributed by atoms with E-state index in [-0.39, 0.29) is 22.6 Å². The minimum absolute atomic E-state index is 0.00204. The number of nitro benzene ring substituents is 1. The van der Waals surface area contributed by atoms with Gasteiger partial charge in [0, 0.05) is 41.7 Å². The van der Waals surface area contributed by atoms with Gasteiger partial charge in [0.2, 0.25) is 0 Å². The van der Waals surface area contributed by atoms with Gasteiger partial charge < -0.3 is 10.4 Å². The summed E-state index contributed by atoms with van der Waals surface area (Å²) in [5.74, 6) is 0. The van der Waals surface area contributed by atoms with Crippen LogP contribution >= 0.6 is 15.9 Å². The number of nitrogens with zero attached hydrogens (tertiary/aromatic N) is 1. The van der Waals surface area contributed by atoms with Crippen LogP contribution in [-0.4, -0.2) is 23.2 Å². The van der Waals surface area contributed by atoms with Gasteiger partial charge in [0.05, 0.1) is 4.92 Å². The molecule has 20 heavy (non-hydrogen) atoms. The first-order chi connectivity index (χ1) is 9.54. The van der Waals surface area contributed by atoms with E-state index in [2.05, 4.69) is 21.2 Å². The van der Waals surface area contributed by atoms with Crippen LogP contribution in [0, 0.1) is 15.5 Å². The second kappa shape index (κ2) is 6.65. The number of hydrogen-bond donors (Lipinski definition) is 2. The highest BCUT2D eigenvalue weighted by Gasteiger charge is 2.32. The molecule has 2 N–H and O–H groups in total. The molecule has 0 spiro atoms. The number of nitrogens with one attached hydrogen (secondary N) is 1. The van der Waals surface area contributed by atoms with Crippen LogP contribution in [0.15, 0.2) is 22.7 Å². The van der Waals surface area contributed by atoms with Crippen molar-refractivity contribution in [2.75, 3.05) is 13.2 Å². The largest absolute Gasteiger partial charge is 0.396 e. The number of hydrogen-bond acceptors (Lipinski definition) is 4. The van der Waals surface area contributed by atoms with E-state index < -0.39 is 0 Å². The van der Waals surface area contributed by atoms with Crippen LogP contribution in [0.25, 0.3) is 0 Å². The van der Waals surface area contributed by atoms with Gasteiger partial charge in [0.1, 0.15) is 0 Å². The van der Waals surface area contributed by atoms with Crippen LogP contribution in [0.4, 0.5) is 5.69 Å². The van der Waals surface area contributed by atoms with E-state index >= 15 is 0 Å². The Balaban J connectivity index is 1.95. The second-order valence-electron chi connectivity index (χ2n) is 5.54. The number of aliphatic hydroxyl groups excluding tert-OH is 1. The van der Waals surface area contributed by atoms with Crippen molar-refractivity contribution >= 4 is 21.6 Å². The molecule has 0 amide bonds. The van der Waals surface area contributed by atoms with E-state index in [0.717, 1.165) is 24.9 Å². The Morgan fingerprint density at radius 1 is 1.35 bits per heavy atom. The quantitative estimate of drug-likeness (QED) is 0.615. The van der Waals surface area contributed by atoms with Crippen molar-refractivity contribution in [1.82, 2.24) is 5.32 Å². The van der Waals surface area contributed by atoms with Crippen LogP contribution in [-0.2, 0) is 6.54 Å². The molecule has 0 radical (unpaired) electrons. The summed E-state index contributed by atoms with van der Waals surface area (Å²) in [5.41, 5.74) is 0.962. The van der Waals surface area contributed by atoms with Gasteiger partial charge in [0.15, 0.2) is 0 Å². The number of benzene rings is 1. The van der Waals surface area contributed by atoms with Crippen molar-refractivity contribution in [2.24, 2.45) is 5.41 Å². The predicted octanol–water partition coefficient (Wildman–Crippen LogP) is 3.00. The summed E-state index contributed by atoms with van der Waals surface area (Å²) in [4.78, 5) is 10.4. The average molecular weight is 343 g/mol. The zero-order valence-corrected chi connectivity index (χ0v) is 12.9. The van der Waals surface area contributed by atoms with Gasteiger partial charge in [-0.1, -0.05) is 28.8 Å². The van der Waals surface area contributed by atoms with E-state index in [1.165, 1.54) is 18.9 Å². The summed E-state index contributed by atoms with van der Waals surface area (Å²) >= 11 is 3.29. The van der Waals surface area contributed by atoms with Gasteiger partial charge in [-0.2, -0.15) is 0 Å². The molecular formula is C14H19BrN2O3. The van der Waals surface area contributed by atoms with Crippen LogP contribution in [0.2, 0.25) is 0 Å². The first kappa shape index (κ1) is 15.4. The Hall–Kier alpha value is -0.980. The van der Waals surface area contributed by atoms with E-state index in [9.17, 15) is 15.2 Å². The third kappa shape index (κ3) is 3.77. The van der Waals surface area contributed by atoms with Crippen LogP contribution < -0.4 is 5.32 Å². The zero-order chi connectivity index (χ0) is 14.6. The Kier molecular flexibility index (Phi) is 5.12. The highest BCUT2D eigenvalue weighted by atomic mass is 79.9. The fourth-order valence-corrected chi connectivity index (χ4v) is 3.36. The van der Waals surface area contributed by atoms with Gasteiger partial charge in [-0.25, -0.2) is 0 Å². The lowest BCUT2D eigenvalue weighted by molar-refractivity contribution is -0.385. The Labute approximate surface area is 126 Å². The normalized spacial score (nSPS) is 17.3. The molecule has 1 aromatic carbocycles. The highest BCUT2D eigenvalue weighted by Crippen LogP contribution is 2.37. The third-order valence-electron chi connectivity index (χ3n) is 3.98. The third-order valence-corrected chi connectivity index (χ3v) is 4.44. The average Bonchev–Trinajstić information content (AvgIpc) is 2.87. The highest BCUT2D eigenvalue weighted by molar-refractivity contribution is 9.10. The zero-order valence-electron chi connectivity index (χ0n) is 11.3. The first-order valence-corrected chi connectivity index (χ1v) is 7.59. The van der Waals surface area contributed by atoms with Crippen molar-refractivity contribution in [3.05, 3.63) is 38.3 Å². The lowest BCUT2D eigenvalue weighted by Gasteiger charge is -2.26. The molecule has 1 saturated carbocycles. The van der Waals surface area contributed by atoms with Crippen molar-refractivity contribution < 1.29 is 10.0 Å². The summed E-state index contributed by atoms with van der Waals surface area (Å²) in [6.45, 7) is 1.53. The number of halogens is 1. The molecule has 0 heterocycles. The first-order valence-electron chi connectivity index (χ1n) is 6.80. The molecule has 1 aliphatic rings. The molecule has 1 aliphatic carbocycles. The van der Waals surface area contributed by atoms with Crippen molar-refractivity contribution in [1.29, 1.82) is 0 Å². The smallest absolute Gasteiger partial charge is 0.270 e. The molecule has 0 unspecified atom stereocenters. The fraction of sp³-hybridized carbons (Fsp3) is 0.571. The van der Waals surface area contributed by atoms with Gasteiger partial charge >= 0.3 is 0 Å². The molecule has 0 saturated heterocycles. The molecule has 0 aromatic heterocycles.